The molecule has 0 aromatic heterocycles. The van der Waals surface area contributed by atoms with Crippen LogP contribution in [0.15, 0.2) is 22.7 Å². The molecule has 0 heterocycles. The van der Waals surface area contributed by atoms with E-state index < -0.39 is 0 Å². The van der Waals surface area contributed by atoms with Gasteiger partial charge in [-0.05, 0) is 28.1 Å². The Kier molecular flexibility index (Phi) is 5.98. The fourth-order valence-corrected chi connectivity index (χ4v) is 1.30. The number of ether oxygens (including phenoxy) is 2. The van der Waals surface area contributed by atoms with Crippen LogP contribution in [-0.2, 0) is 4.74 Å². The van der Waals surface area contributed by atoms with Crippen molar-refractivity contribution >= 4 is 27.5 Å². The molecule has 0 aliphatic rings. The minimum atomic E-state index is -0.339. The number of benzene rings is 1. The fraction of sp³-hybridized carbons (Fsp3) is 0.400. The van der Waals surface area contributed by atoms with E-state index in [1.165, 1.54) is 6.07 Å². The first-order chi connectivity index (χ1) is 7.24. The molecule has 0 spiro atoms. The molecule has 0 N–H and O–H groups in total. The molecule has 0 fully saturated rings. The highest BCUT2D eigenvalue weighted by atomic mass is 79.9. The Labute approximate surface area is 101 Å². The first-order valence-corrected chi connectivity index (χ1v) is 5.78. The summed E-state index contributed by atoms with van der Waals surface area (Å²) >= 11 is 8.48. The van der Waals surface area contributed by atoms with Gasteiger partial charge in [0, 0.05) is 11.9 Å². The summed E-state index contributed by atoms with van der Waals surface area (Å²) in [5.41, 5.74) is 0. The van der Waals surface area contributed by atoms with E-state index in [4.69, 9.17) is 21.1 Å². The molecule has 1 aromatic rings. The Balaban J connectivity index is 2.28. The number of hydrogen-bond donors (Lipinski definition) is 0. The maximum Gasteiger partial charge on any atom is 0.141 e. The summed E-state index contributed by atoms with van der Waals surface area (Å²) in [4.78, 5) is 0. The summed E-state index contributed by atoms with van der Waals surface area (Å²) in [6, 6.07) is 4.62. The van der Waals surface area contributed by atoms with Gasteiger partial charge in [0.15, 0.2) is 0 Å². The van der Waals surface area contributed by atoms with E-state index in [-0.39, 0.29) is 5.82 Å². The van der Waals surface area contributed by atoms with Crippen LogP contribution in [0.2, 0.25) is 0 Å². The van der Waals surface area contributed by atoms with Gasteiger partial charge in [0.2, 0.25) is 0 Å². The standard InChI is InChI=1S/C10H11BrClFO2/c11-9-2-1-8(7-10(9)13)15-6-5-14-4-3-12/h1-2,7H,3-6H2. The maximum absolute atomic E-state index is 13.0. The molecular weight excluding hydrogens is 286 g/mol. The molecule has 5 heteroatoms. The van der Waals surface area contributed by atoms with Crippen LogP contribution in [0.4, 0.5) is 4.39 Å². The van der Waals surface area contributed by atoms with Crippen LogP contribution in [0.25, 0.3) is 0 Å². The van der Waals surface area contributed by atoms with Crippen LogP contribution >= 0.6 is 27.5 Å². The van der Waals surface area contributed by atoms with Crippen LogP contribution in [-0.4, -0.2) is 25.7 Å². The minimum absolute atomic E-state index is 0.339. The van der Waals surface area contributed by atoms with Crippen LogP contribution < -0.4 is 4.74 Å². The second kappa shape index (κ2) is 7.04. The zero-order chi connectivity index (χ0) is 11.1. The highest BCUT2D eigenvalue weighted by Gasteiger charge is 2.00. The molecule has 0 unspecified atom stereocenters. The summed E-state index contributed by atoms with van der Waals surface area (Å²) in [6.45, 7) is 1.34. The Morgan fingerprint density at radius 1 is 1.27 bits per heavy atom. The largest absolute Gasteiger partial charge is 0.491 e. The Morgan fingerprint density at radius 3 is 2.73 bits per heavy atom. The molecule has 2 nitrogen and oxygen atoms in total. The Morgan fingerprint density at radius 2 is 2.07 bits per heavy atom. The van der Waals surface area contributed by atoms with Crippen molar-refractivity contribution in [2.45, 2.75) is 0 Å². The van der Waals surface area contributed by atoms with Gasteiger partial charge in [0.05, 0.1) is 17.7 Å². The van der Waals surface area contributed by atoms with Gasteiger partial charge in [0.25, 0.3) is 0 Å². The number of rotatable bonds is 6. The summed E-state index contributed by atoms with van der Waals surface area (Å²) in [5.74, 6) is 0.617. The number of alkyl halides is 1. The van der Waals surface area contributed by atoms with Crippen LogP contribution in [0.5, 0.6) is 5.75 Å². The summed E-state index contributed by atoms with van der Waals surface area (Å²) in [6.07, 6.45) is 0. The van der Waals surface area contributed by atoms with Gasteiger partial charge in [-0.1, -0.05) is 0 Å². The SMILES string of the molecule is Fc1cc(OCCOCCCl)ccc1Br. The molecule has 1 rings (SSSR count). The number of hydrogen-bond acceptors (Lipinski definition) is 2. The third-order valence-electron chi connectivity index (χ3n) is 1.61. The molecule has 0 radical (unpaired) electrons. The van der Waals surface area contributed by atoms with Gasteiger partial charge < -0.3 is 9.47 Å². The molecule has 0 atom stereocenters. The van der Waals surface area contributed by atoms with Crippen molar-refractivity contribution in [2.75, 3.05) is 25.7 Å². The first kappa shape index (κ1) is 12.7. The van der Waals surface area contributed by atoms with Crippen molar-refractivity contribution < 1.29 is 13.9 Å². The average molecular weight is 298 g/mol. The van der Waals surface area contributed by atoms with E-state index in [2.05, 4.69) is 15.9 Å². The van der Waals surface area contributed by atoms with Gasteiger partial charge in [0.1, 0.15) is 18.2 Å². The van der Waals surface area contributed by atoms with Crippen molar-refractivity contribution in [3.63, 3.8) is 0 Å². The van der Waals surface area contributed by atoms with Crippen LogP contribution in [0, 0.1) is 5.82 Å². The third kappa shape index (κ3) is 4.82. The zero-order valence-corrected chi connectivity index (χ0v) is 10.4. The molecule has 0 amide bonds. The topological polar surface area (TPSA) is 18.5 Å². The molecular formula is C10H11BrClFO2. The van der Waals surface area contributed by atoms with Crippen molar-refractivity contribution in [1.82, 2.24) is 0 Å². The molecule has 0 bridgehead atoms. The van der Waals surface area contributed by atoms with Crippen molar-refractivity contribution in [3.05, 3.63) is 28.5 Å². The molecule has 0 saturated heterocycles. The second-order valence-electron chi connectivity index (χ2n) is 2.73. The molecule has 15 heavy (non-hydrogen) atoms. The van der Waals surface area contributed by atoms with E-state index in [0.717, 1.165) is 0 Å². The Hall–Kier alpha value is -0.320. The van der Waals surface area contributed by atoms with E-state index in [0.29, 0.717) is 35.9 Å². The average Bonchev–Trinajstić information content (AvgIpc) is 2.23. The highest BCUT2D eigenvalue weighted by molar-refractivity contribution is 9.10. The quantitative estimate of drug-likeness (QED) is 0.593. The lowest BCUT2D eigenvalue weighted by atomic mass is 10.3. The van der Waals surface area contributed by atoms with E-state index in [1.807, 2.05) is 0 Å². The molecule has 84 valence electrons. The normalized spacial score (nSPS) is 10.3. The van der Waals surface area contributed by atoms with Gasteiger partial charge in [-0.15, -0.1) is 11.6 Å². The van der Waals surface area contributed by atoms with E-state index >= 15 is 0 Å². The van der Waals surface area contributed by atoms with Gasteiger partial charge in [-0.2, -0.15) is 0 Å². The van der Waals surface area contributed by atoms with Crippen LogP contribution in [0.1, 0.15) is 0 Å². The zero-order valence-electron chi connectivity index (χ0n) is 8.01. The molecule has 0 saturated carbocycles. The first-order valence-electron chi connectivity index (χ1n) is 4.45. The smallest absolute Gasteiger partial charge is 0.141 e. The summed E-state index contributed by atoms with van der Waals surface area (Å²) < 4.78 is 23.8. The lowest BCUT2D eigenvalue weighted by Crippen LogP contribution is -2.08. The minimum Gasteiger partial charge on any atom is -0.491 e. The third-order valence-corrected chi connectivity index (χ3v) is 2.41. The van der Waals surface area contributed by atoms with Gasteiger partial charge >= 0.3 is 0 Å². The maximum atomic E-state index is 13.0. The predicted octanol–water partition coefficient (Wildman–Crippen LogP) is 3.22. The van der Waals surface area contributed by atoms with E-state index in [1.54, 1.807) is 12.1 Å². The van der Waals surface area contributed by atoms with Gasteiger partial charge in [-0.25, -0.2) is 4.39 Å². The number of halogens is 3. The lowest BCUT2D eigenvalue weighted by molar-refractivity contribution is 0.111. The fourth-order valence-electron chi connectivity index (χ4n) is 0.942. The van der Waals surface area contributed by atoms with Crippen molar-refractivity contribution in [1.29, 1.82) is 0 Å². The lowest BCUT2D eigenvalue weighted by Gasteiger charge is -2.06. The van der Waals surface area contributed by atoms with Crippen LogP contribution in [0.3, 0.4) is 0 Å². The predicted molar refractivity (Wildman–Crippen MR) is 61.1 cm³/mol. The molecule has 0 aliphatic carbocycles. The van der Waals surface area contributed by atoms with Gasteiger partial charge in [-0.3, -0.25) is 0 Å². The molecule has 1 aromatic carbocycles. The Bertz CT molecular complexity index is 309. The monoisotopic (exact) mass is 296 g/mol. The van der Waals surface area contributed by atoms with Crippen molar-refractivity contribution in [2.24, 2.45) is 0 Å². The highest BCUT2D eigenvalue weighted by Crippen LogP contribution is 2.20. The second-order valence-corrected chi connectivity index (χ2v) is 3.96. The van der Waals surface area contributed by atoms with E-state index in [9.17, 15) is 4.39 Å². The molecule has 0 aliphatic heterocycles. The summed E-state index contributed by atoms with van der Waals surface area (Å²) in [5, 5.41) is 0. The summed E-state index contributed by atoms with van der Waals surface area (Å²) in [7, 11) is 0. The van der Waals surface area contributed by atoms with Crippen molar-refractivity contribution in [3.8, 4) is 5.75 Å².